The van der Waals surface area contributed by atoms with Crippen molar-refractivity contribution in [3.63, 3.8) is 0 Å². The zero-order valence-corrected chi connectivity index (χ0v) is 26.5. The van der Waals surface area contributed by atoms with Crippen LogP contribution in [0.15, 0.2) is 70.9 Å². The lowest BCUT2D eigenvalue weighted by Gasteiger charge is -2.24. The molecule has 2 heterocycles. The molecule has 4 rings (SSSR count). The highest BCUT2D eigenvalue weighted by Gasteiger charge is 2.44. The van der Waals surface area contributed by atoms with Gasteiger partial charge in [0.1, 0.15) is 25.4 Å². The molecule has 0 unspecified atom stereocenters. The van der Waals surface area contributed by atoms with Gasteiger partial charge < -0.3 is 30.0 Å². The summed E-state index contributed by atoms with van der Waals surface area (Å²) < 4.78 is 23.3. The molecule has 0 spiro atoms. The van der Waals surface area contributed by atoms with Crippen molar-refractivity contribution in [3.05, 3.63) is 71.8 Å². The molecule has 1 amide bonds. The van der Waals surface area contributed by atoms with Gasteiger partial charge >= 0.3 is 12.1 Å². The van der Waals surface area contributed by atoms with Crippen LogP contribution >= 0.6 is 11.8 Å². The Kier molecular flexibility index (Phi) is 12.6. The number of carbonyl (C=O) groups is 2. The summed E-state index contributed by atoms with van der Waals surface area (Å²) in [6.45, 7) is 6.09. The predicted octanol–water partition coefficient (Wildman–Crippen LogP) is 4.45. The van der Waals surface area contributed by atoms with Gasteiger partial charge in [0.05, 0.1) is 11.8 Å². The average Bonchev–Trinajstić information content (AvgIpc) is 3.21. The van der Waals surface area contributed by atoms with E-state index in [4.69, 9.17) is 24.7 Å². The van der Waals surface area contributed by atoms with Gasteiger partial charge in [-0.3, -0.25) is 4.90 Å². The topological polar surface area (TPSA) is 137 Å². The number of unbranched alkanes of at least 4 members (excludes halogenated alkanes) is 1. The number of hydrogen-bond donors (Lipinski definition) is 2. The summed E-state index contributed by atoms with van der Waals surface area (Å²) in [6.07, 6.45) is 3.43. The monoisotopic (exact) mass is 625 g/mol. The van der Waals surface area contributed by atoms with Gasteiger partial charge in [0, 0.05) is 19.5 Å². The van der Waals surface area contributed by atoms with Crippen molar-refractivity contribution in [2.75, 3.05) is 25.9 Å². The predicted molar refractivity (Wildman–Crippen MR) is 171 cm³/mol. The number of fused-ring (bicyclic) bond motifs is 1. The highest BCUT2D eigenvalue weighted by atomic mass is 32.2. The average molecular weight is 626 g/mol. The standard InChI is InChI=1S/C32H43N5O6S/c1-32(2)42-27-18-25(35-36-30(33)44-3)19-37(20-28(27)43-32)17-11-10-16-26(29(38)40-21-23-12-6-4-7-13-23)34-31(39)41-22-24-14-8-5-9-15-24/h4-9,12-15,26-28H,10-11,16-22H2,1-3H3,(H2,33,36)(H,34,39)/b35-25-/t26-,27-,28+/m0/s1. The summed E-state index contributed by atoms with van der Waals surface area (Å²) in [5.74, 6) is -1.17. The third kappa shape index (κ3) is 10.9. The van der Waals surface area contributed by atoms with E-state index >= 15 is 0 Å². The highest BCUT2D eigenvalue weighted by molar-refractivity contribution is 8.13. The van der Waals surface area contributed by atoms with E-state index in [0.29, 0.717) is 37.5 Å². The first-order valence-corrected chi connectivity index (χ1v) is 16.1. The van der Waals surface area contributed by atoms with E-state index in [9.17, 15) is 9.59 Å². The van der Waals surface area contributed by atoms with Crippen molar-refractivity contribution >= 4 is 34.7 Å². The molecule has 0 bridgehead atoms. The number of carbonyl (C=O) groups excluding carboxylic acids is 2. The Morgan fingerprint density at radius 2 is 1.66 bits per heavy atom. The van der Waals surface area contributed by atoms with E-state index in [1.165, 1.54) is 11.8 Å². The van der Waals surface area contributed by atoms with Gasteiger partial charge in [-0.1, -0.05) is 72.4 Å². The van der Waals surface area contributed by atoms with Crippen molar-refractivity contribution in [2.24, 2.45) is 15.9 Å². The maximum atomic E-state index is 13.1. The van der Waals surface area contributed by atoms with Crippen LogP contribution in [0.1, 0.15) is 50.7 Å². The number of amides is 1. The first-order valence-electron chi connectivity index (χ1n) is 14.9. The minimum absolute atomic E-state index is 0.0960. The fourth-order valence-electron chi connectivity index (χ4n) is 5.18. The van der Waals surface area contributed by atoms with Crippen LogP contribution in [0.5, 0.6) is 0 Å². The molecule has 2 aliphatic heterocycles. The van der Waals surface area contributed by atoms with Crippen molar-refractivity contribution in [2.45, 2.75) is 76.8 Å². The van der Waals surface area contributed by atoms with Crippen LogP contribution in [-0.2, 0) is 37.0 Å². The molecule has 238 valence electrons. The van der Waals surface area contributed by atoms with Crippen molar-refractivity contribution in [3.8, 4) is 0 Å². The third-order valence-electron chi connectivity index (χ3n) is 7.30. The molecule has 0 radical (unpaired) electrons. The number of esters is 1. The first kappa shape index (κ1) is 33.4. The number of benzene rings is 2. The molecule has 2 fully saturated rings. The van der Waals surface area contributed by atoms with E-state index in [0.717, 1.165) is 29.8 Å². The molecular weight excluding hydrogens is 582 g/mol. The van der Waals surface area contributed by atoms with Gasteiger partial charge in [-0.05, 0) is 57.0 Å². The lowest BCUT2D eigenvalue weighted by atomic mass is 10.1. The number of nitrogens with zero attached hydrogens (tertiary/aromatic N) is 3. The van der Waals surface area contributed by atoms with Gasteiger partial charge in [0.2, 0.25) is 0 Å². The molecule has 2 aromatic carbocycles. The Labute approximate surface area is 263 Å². The van der Waals surface area contributed by atoms with Crippen LogP contribution in [0.2, 0.25) is 0 Å². The zero-order chi connectivity index (χ0) is 31.4. The lowest BCUT2D eigenvalue weighted by molar-refractivity contribution is -0.148. The van der Waals surface area contributed by atoms with Gasteiger partial charge in [0.15, 0.2) is 11.0 Å². The minimum atomic E-state index is -0.844. The quantitative estimate of drug-likeness (QED) is 0.115. The summed E-state index contributed by atoms with van der Waals surface area (Å²) in [5.41, 5.74) is 8.46. The maximum Gasteiger partial charge on any atom is 0.408 e. The molecular formula is C32H43N5O6S. The number of hydrogen-bond acceptors (Lipinski definition) is 10. The molecule has 2 aromatic rings. The van der Waals surface area contributed by atoms with Crippen LogP contribution in [0.4, 0.5) is 4.79 Å². The van der Waals surface area contributed by atoms with Crippen LogP contribution < -0.4 is 11.1 Å². The summed E-state index contributed by atoms with van der Waals surface area (Å²) in [5, 5.41) is 11.7. The molecule has 3 atom stereocenters. The molecule has 0 aromatic heterocycles. The minimum Gasteiger partial charge on any atom is -0.459 e. The second-order valence-electron chi connectivity index (χ2n) is 11.3. The summed E-state index contributed by atoms with van der Waals surface area (Å²) in [6, 6.07) is 18.0. The number of thioether (sulfide) groups is 1. The van der Waals surface area contributed by atoms with Gasteiger partial charge in [-0.2, -0.15) is 5.10 Å². The molecule has 44 heavy (non-hydrogen) atoms. The maximum absolute atomic E-state index is 13.1. The van der Waals surface area contributed by atoms with Crippen molar-refractivity contribution in [1.82, 2.24) is 10.2 Å². The van der Waals surface area contributed by atoms with E-state index in [1.54, 1.807) is 0 Å². The largest absolute Gasteiger partial charge is 0.459 e. The fourth-order valence-corrected chi connectivity index (χ4v) is 5.31. The third-order valence-corrected chi connectivity index (χ3v) is 7.80. The SMILES string of the molecule is CSC(N)=N/N=C1/C[C@@H]2OC(C)(C)O[C@@H]2CN(CCCC[C@H](NC(=O)OCc2ccccc2)C(=O)OCc2ccccc2)C1. The van der Waals surface area contributed by atoms with E-state index < -0.39 is 23.9 Å². The number of ether oxygens (including phenoxy) is 4. The molecule has 0 saturated carbocycles. The Morgan fingerprint density at radius 3 is 2.32 bits per heavy atom. The molecule has 0 aliphatic carbocycles. The summed E-state index contributed by atoms with van der Waals surface area (Å²) >= 11 is 1.34. The second kappa shape index (κ2) is 16.6. The van der Waals surface area contributed by atoms with Crippen LogP contribution in [-0.4, -0.2) is 77.8 Å². The highest BCUT2D eigenvalue weighted by Crippen LogP contribution is 2.32. The summed E-state index contributed by atoms with van der Waals surface area (Å²) in [7, 11) is 0. The molecule has 2 aliphatic rings. The molecule has 12 heteroatoms. The summed E-state index contributed by atoms with van der Waals surface area (Å²) in [4.78, 5) is 28.0. The first-order chi connectivity index (χ1) is 21.2. The van der Waals surface area contributed by atoms with E-state index in [1.807, 2.05) is 80.8 Å². The zero-order valence-electron chi connectivity index (χ0n) is 25.6. The van der Waals surface area contributed by atoms with Crippen molar-refractivity contribution in [1.29, 1.82) is 0 Å². The van der Waals surface area contributed by atoms with Gasteiger partial charge in [-0.25, -0.2) is 9.59 Å². The smallest absolute Gasteiger partial charge is 0.408 e. The van der Waals surface area contributed by atoms with Crippen LogP contribution in [0, 0.1) is 0 Å². The number of nitrogens with one attached hydrogen (secondary N) is 1. The van der Waals surface area contributed by atoms with Gasteiger partial charge in [0.25, 0.3) is 0 Å². The number of likely N-dealkylation sites (tertiary alicyclic amines) is 1. The number of amidine groups is 1. The van der Waals surface area contributed by atoms with Gasteiger partial charge in [-0.15, -0.1) is 5.10 Å². The van der Waals surface area contributed by atoms with E-state index in [-0.39, 0.29) is 25.4 Å². The Hall–Kier alpha value is -3.45. The number of nitrogens with two attached hydrogens (primary N) is 1. The van der Waals surface area contributed by atoms with Crippen LogP contribution in [0.3, 0.4) is 0 Å². The Bertz CT molecular complexity index is 1280. The second-order valence-corrected chi connectivity index (χ2v) is 12.1. The fraction of sp³-hybridized carbons (Fsp3) is 0.500. The number of alkyl carbamates (subject to hydrolysis) is 1. The Morgan fingerprint density at radius 1 is 1.02 bits per heavy atom. The van der Waals surface area contributed by atoms with E-state index in [2.05, 4.69) is 20.4 Å². The molecule has 2 saturated heterocycles. The number of rotatable bonds is 12. The lowest BCUT2D eigenvalue weighted by Crippen LogP contribution is -2.42. The van der Waals surface area contributed by atoms with Crippen LogP contribution in [0.25, 0.3) is 0 Å². The molecule has 3 N–H and O–H groups in total. The molecule has 11 nitrogen and oxygen atoms in total. The Balaban J connectivity index is 1.34. The van der Waals surface area contributed by atoms with Crippen molar-refractivity contribution < 1.29 is 28.5 Å². The normalized spacial score (nSPS) is 21.7.